The van der Waals surface area contributed by atoms with Crippen LogP contribution in [0.1, 0.15) is 25.4 Å². The van der Waals surface area contributed by atoms with E-state index in [0.29, 0.717) is 30.1 Å². The van der Waals surface area contributed by atoms with Gasteiger partial charge in [0.25, 0.3) is 5.56 Å². The lowest BCUT2D eigenvalue weighted by molar-refractivity contribution is 0.445. The number of aromatic nitrogens is 4. The van der Waals surface area contributed by atoms with Crippen molar-refractivity contribution in [3.8, 4) is 17.1 Å². The van der Waals surface area contributed by atoms with Gasteiger partial charge in [0.15, 0.2) is 11.3 Å². The van der Waals surface area contributed by atoms with Crippen molar-refractivity contribution in [3.63, 3.8) is 0 Å². The number of H-pyrrole nitrogens is 1. The van der Waals surface area contributed by atoms with Crippen molar-refractivity contribution in [1.82, 2.24) is 23.9 Å². The zero-order valence-corrected chi connectivity index (χ0v) is 16.3. The lowest BCUT2D eigenvalue weighted by atomic mass is 10.2. The molecule has 0 saturated carbocycles. The molecular formula is C17H21N5O4S. The summed E-state index contributed by atoms with van der Waals surface area (Å²) in [5, 5.41) is 14.6. The number of hydrogen-bond donors (Lipinski definition) is 2. The van der Waals surface area contributed by atoms with E-state index in [9.17, 15) is 18.3 Å². The Morgan fingerprint density at radius 2 is 1.89 bits per heavy atom. The maximum Gasteiger partial charge on any atom is 0.277 e. The van der Waals surface area contributed by atoms with E-state index in [1.165, 1.54) is 27.0 Å². The van der Waals surface area contributed by atoms with Crippen LogP contribution in [0.5, 0.6) is 5.75 Å². The van der Waals surface area contributed by atoms with E-state index in [-0.39, 0.29) is 22.0 Å². The van der Waals surface area contributed by atoms with Gasteiger partial charge < -0.3 is 10.1 Å². The number of aromatic hydroxyl groups is 1. The largest absolute Gasteiger partial charge is 0.507 e. The molecule has 0 aliphatic rings. The Morgan fingerprint density at radius 1 is 1.22 bits per heavy atom. The fourth-order valence-electron chi connectivity index (χ4n) is 3.03. The molecule has 144 valence electrons. The quantitative estimate of drug-likeness (QED) is 0.679. The molecule has 0 amide bonds. The molecule has 3 rings (SSSR count). The van der Waals surface area contributed by atoms with Crippen LogP contribution in [0.25, 0.3) is 16.9 Å². The Bertz CT molecular complexity index is 1180. The first-order valence-electron chi connectivity index (χ1n) is 8.50. The molecule has 0 atom stereocenters. The highest BCUT2D eigenvalue weighted by molar-refractivity contribution is 7.89. The Kier molecular flexibility index (Phi) is 4.79. The maximum atomic E-state index is 12.8. The average Bonchev–Trinajstić information content (AvgIpc) is 2.90. The topological polar surface area (TPSA) is 121 Å². The molecule has 2 heterocycles. The molecule has 10 heteroatoms. The van der Waals surface area contributed by atoms with Crippen LogP contribution in [-0.4, -0.2) is 50.5 Å². The average molecular weight is 391 g/mol. The van der Waals surface area contributed by atoms with Crippen molar-refractivity contribution < 1.29 is 13.5 Å². The van der Waals surface area contributed by atoms with Crippen molar-refractivity contribution in [2.45, 2.75) is 32.6 Å². The van der Waals surface area contributed by atoms with Crippen molar-refractivity contribution >= 4 is 15.5 Å². The summed E-state index contributed by atoms with van der Waals surface area (Å²) in [6.07, 6.45) is 0. The van der Waals surface area contributed by atoms with Crippen LogP contribution < -0.4 is 5.56 Å². The van der Waals surface area contributed by atoms with Gasteiger partial charge in [-0.2, -0.15) is 4.31 Å². The molecule has 0 radical (unpaired) electrons. The lowest BCUT2D eigenvalue weighted by Gasteiger charge is -2.19. The zero-order chi connectivity index (χ0) is 19.9. The van der Waals surface area contributed by atoms with Gasteiger partial charge in [-0.3, -0.25) is 4.79 Å². The summed E-state index contributed by atoms with van der Waals surface area (Å²) >= 11 is 0. The lowest BCUT2D eigenvalue weighted by Crippen LogP contribution is -2.30. The minimum absolute atomic E-state index is 0.0141. The van der Waals surface area contributed by atoms with Gasteiger partial charge in [-0.25, -0.2) is 17.9 Å². The van der Waals surface area contributed by atoms with Gasteiger partial charge in [0.05, 0.1) is 16.2 Å². The first-order valence-corrected chi connectivity index (χ1v) is 9.94. The number of fused-ring (bicyclic) bond motifs is 1. The molecule has 9 nitrogen and oxygen atoms in total. The molecule has 0 saturated heterocycles. The van der Waals surface area contributed by atoms with Crippen molar-refractivity contribution in [2.24, 2.45) is 0 Å². The van der Waals surface area contributed by atoms with Crippen LogP contribution in [0.3, 0.4) is 0 Å². The second-order valence-corrected chi connectivity index (χ2v) is 8.01. The molecule has 2 aromatic heterocycles. The number of nitrogens with one attached hydrogen (secondary N) is 1. The van der Waals surface area contributed by atoms with Gasteiger partial charge in [-0.05, 0) is 32.0 Å². The molecule has 3 aromatic rings. The van der Waals surface area contributed by atoms with E-state index < -0.39 is 15.6 Å². The van der Waals surface area contributed by atoms with E-state index in [4.69, 9.17) is 0 Å². The number of hydrogen-bond acceptors (Lipinski definition) is 6. The second-order valence-electron chi connectivity index (χ2n) is 6.08. The molecule has 0 unspecified atom stereocenters. The summed E-state index contributed by atoms with van der Waals surface area (Å²) in [5.74, 6) is 0.383. The first kappa shape index (κ1) is 19.1. The first-order chi connectivity index (χ1) is 12.7. The summed E-state index contributed by atoms with van der Waals surface area (Å²) < 4.78 is 28.2. The van der Waals surface area contributed by atoms with E-state index in [2.05, 4.69) is 15.1 Å². The van der Waals surface area contributed by atoms with Crippen molar-refractivity contribution in [2.75, 3.05) is 13.1 Å². The molecule has 2 N–H and O–H groups in total. The van der Waals surface area contributed by atoms with Crippen LogP contribution >= 0.6 is 0 Å². The number of rotatable bonds is 5. The highest BCUT2D eigenvalue weighted by atomic mass is 32.2. The second kappa shape index (κ2) is 6.78. The minimum atomic E-state index is -3.72. The van der Waals surface area contributed by atoms with Gasteiger partial charge in [0, 0.05) is 13.1 Å². The summed E-state index contributed by atoms with van der Waals surface area (Å²) in [7, 11) is -3.72. The summed E-state index contributed by atoms with van der Waals surface area (Å²) in [4.78, 5) is 19.3. The molecule has 0 spiro atoms. The van der Waals surface area contributed by atoms with Crippen LogP contribution in [0.15, 0.2) is 27.9 Å². The van der Waals surface area contributed by atoms with Gasteiger partial charge in [-0.1, -0.05) is 13.8 Å². The van der Waals surface area contributed by atoms with Crippen molar-refractivity contribution in [1.29, 1.82) is 0 Å². The Morgan fingerprint density at radius 3 is 2.52 bits per heavy atom. The molecule has 0 aliphatic heterocycles. The monoisotopic (exact) mass is 391 g/mol. The number of benzene rings is 1. The van der Waals surface area contributed by atoms with E-state index in [1.807, 2.05) is 0 Å². The van der Waals surface area contributed by atoms with Gasteiger partial charge >= 0.3 is 0 Å². The highest BCUT2D eigenvalue weighted by Crippen LogP contribution is 2.30. The third-order valence-corrected chi connectivity index (χ3v) is 6.45. The molecular weight excluding hydrogens is 370 g/mol. The summed E-state index contributed by atoms with van der Waals surface area (Å²) in [6.45, 7) is 7.55. The van der Waals surface area contributed by atoms with Gasteiger partial charge in [0.2, 0.25) is 10.0 Å². The standard InChI is InChI=1S/C17H21N5O4S/c1-5-21(6-2)27(25,26)12-7-8-14(23)13(9-12)16-19-17(24)15-10(3)18-11(4)22(15)20-16/h7-9,23H,5-6H2,1-4H3,(H,19,20,24). The fraction of sp³-hybridized carbons (Fsp3) is 0.353. The molecule has 0 aliphatic carbocycles. The predicted octanol–water partition coefficient (Wildman–Crippen LogP) is 1.44. The third-order valence-electron chi connectivity index (χ3n) is 4.40. The highest BCUT2D eigenvalue weighted by Gasteiger charge is 2.24. The van der Waals surface area contributed by atoms with Crippen LogP contribution in [0.2, 0.25) is 0 Å². The van der Waals surface area contributed by atoms with Crippen LogP contribution in [0, 0.1) is 13.8 Å². The zero-order valence-electron chi connectivity index (χ0n) is 15.5. The normalized spacial score (nSPS) is 12.2. The van der Waals surface area contributed by atoms with Crippen LogP contribution in [0.4, 0.5) is 0 Å². The molecule has 0 bridgehead atoms. The van der Waals surface area contributed by atoms with Gasteiger partial charge in [0.1, 0.15) is 11.6 Å². The molecule has 27 heavy (non-hydrogen) atoms. The number of nitrogens with zero attached hydrogens (tertiary/aromatic N) is 4. The van der Waals surface area contributed by atoms with E-state index >= 15 is 0 Å². The summed E-state index contributed by atoms with van der Waals surface area (Å²) in [5.41, 5.74) is 0.542. The predicted molar refractivity (Wildman–Crippen MR) is 100 cm³/mol. The fourth-order valence-corrected chi connectivity index (χ4v) is 4.52. The SMILES string of the molecule is CCN(CC)S(=O)(=O)c1ccc(O)c(-c2nn3c(C)nc(C)c3c(=O)[nH]2)c1. The van der Waals surface area contributed by atoms with Gasteiger partial charge in [-0.15, -0.1) is 5.10 Å². The van der Waals surface area contributed by atoms with E-state index in [1.54, 1.807) is 27.7 Å². The van der Waals surface area contributed by atoms with E-state index in [0.717, 1.165) is 0 Å². The minimum Gasteiger partial charge on any atom is -0.507 e. The van der Waals surface area contributed by atoms with Crippen molar-refractivity contribution in [3.05, 3.63) is 40.1 Å². The number of phenolic OH excluding ortho intramolecular Hbond substituents is 1. The number of aromatic amines is 1. The number of imidazole rings is 1. The molecule has 0 fully saturated rings. The number of sulfonamides is 1. The Balaban J connectivity index is 2.23. The van der Waals surface area contributed by atoms with Crippen LogP contribution in [-0.2, 0) is 10.0 Å². The maximum absolute atomic E-state index is 12.8. The number of phenols is 1. The third kappa shape index (κ3) is 3.10. The molecule has 1 aromatic carbocycles. The summed E-state index contributed by atoms with van der Waals surface area (Å²) in [6, 6.07) is 3.92. The smallest absolute Gasteiger partial charge is 0.277 e. The number of aryl methyl sites for hydroxylation is 2. The Labute approximate surface area is 156 Å². The Hall–Kier alpha value is -2.72.